The number of ether oxygens (including phenoxy) is 1. The predicted octanol–water partition coefficient (Wildman–Crippen LogP) is 5.10. The van der Waals surface area contributed by atoms with E-state index in [0.29, 0.717) is 39.0 Å². The smallest absolute Gasteiger partial charge is 0.407 e. The van der Waals surface area contributed by atoms with Crippen molar-refractivity contribution in [2.45, 2.75) is 46.3 Å². The number of hydrogen-bond acceptors (Lipinski definition) is 6. The van der Waals surface area contributed by atoms with Crippen LogP contribution >= 0.6 is 11.6 Å². The molecule has 37 heavy (non-hydrogen) atoms. The third-order valence-electron chi connectivity index (χ3n) is 5.85. The Morgan fingerprint density at radius 3 is 2.65 bits per heavy atom. The molecular formula is C27H27ClN6O3. The molecule has 0 fully saturated rings. The lowest BCUT2D eigenvalue weighted by atomic mass is 9.93. The maximum absolute atomic E-state index is 12.5. The van der Waals surface area contributed by atoms with Gasteiger partial charge in [0.1, 0.15) is 11.7 Å². The van der Waals surface area contributed by atoms with Gasteiger partial charge in [0.2, 0.25) is 0 Å². The number of fused-ring (bicyclic) bond motifs is 1. The molecule has 4 aromatic rings. The Labute approximate surface area is 219 Å². The summed E-state index contributed by atoms with van der Waals surface area (Å²) >= 11 is 6.41. The number of rotatable bonds is 5. The van der Waals surface area contributed by atoms with E-state index in [-0.39, 0.29) is 12.1 Å². The lowest BCUT2D eigenvalue weighted by molar-refractivity contribution is 0.0523. The highest BCUT2D eigenvalue weighted by atomic mass is 35.5. The Bertz CT molecular complexity index is 1610. The minimum absolute atomic E-state index is 0.0538. The second kappa shape index (κ2) is 10.1. The number of hydrogen-bond donors (Lipinski definition) is 2. The lowest BCUT2D eigenvalue weighted by Gasteiger charge is -2.19. The van der Waals surface area contributed by atoms with Crippen molar-refractivity contribution >= 4 is 28.5 Å². The third-order valence-corrected chi connectivity index (χ3v) is 6.07. The van der Waals surface area contributed by atoms with E-state index in [4.69, 9.17) is 16.3 Å². The van der Waals surface area contributed by atoms with Gasteiger partial charge in [0.15, 0.2) is 0 Å². The van der Waals surface area contributed by atoms with Crippen LogP contribution in [0.1, 0.15) is 44.5 Å². The summed E-state index contributed by atoms with van der Waals surface area (Å²) in [6.45, 7) is 7.36. The van der Waals surface area contributed by atoms with Crippen LogP contribution in [0, 0.1) is 11.3 Å². The number of nitriles is 1. The molecule has 0 aliphatic rings. The number of amides is 1. The van der Waals surface area contributed by atoms with Gasteiger partial charge in [-0.05, 0) is 62.6 Å². The van der Waals surface area contributed by atoms with Crippen LogP contribution in [0.25, 0.3) is 33.2 Å². The minimum atomic E-state index is -0.644. The topological polar surface area (TPSA) is 126 Å². The Balaban J connectivity index is 1.83. The molecular weight excluding hydrogens is 492 g/mol. The molecule has 0 saturated heterocycles. The lowest BCUT2D eigenvalue weighted by Crippen LogP contribution is -2.32. The highest BCUT2D eigenvalue weighted by Gasteiger charge is 2.21. The summed E-state index contributed by atoms with van der Waals surface area (Å²) in [5.74, 6) is 0. The Kier molecular flexibility index (Phi) is 7.05. The van der Waals surface area contributed by atoms with Gasteiger partial charge in [-0.1, -0.05) is 24.6 Å². The van der Waals surface area contributed by atoms with Crippen LogP contribution in [0.15, 0.2) is 41.3 Å². The molecule has 4 rings (SSSR count). The number of carbonyl (C=O) groups excluding carboxylic acids is 1. The van der Waals surface area contributed by atoms with Gasteiger partial charge in [-0.3, -0.25) is 9.48 Å². The number of nitrogens with one attached hydrogen (secondary N) is 2. The molecule has 0 spiro atoms. The van der Waals surface area contributed by atoms with Gasteiger partial charge < -0.3 is 10.1 Å². The van der Waals surface area contributed by atoms with Crippen LogP contribution in [0.4, 0.5) is 4.79 Å². The molecule has 2 heterocycles. The summed E-state index contributed by atoms with van der Waals surface area (Å²) in [4.78, 5) is 24.7. The monoisotopic (exact) mass is 518 g/mol. The number of H-pyrrole nitrogens is 1. The first kappa shape index (κ1) is 25.9. The largest absolute Gasteiger partial charge is 0.444 e. The zero-order chi connectivity index (χ0) is 26.9. The molecule has 0 unspecified atom stereocenters. The van der Waals surface area contributed by atoms with Crippen LogP contribution in [-0.4, -0.2) is 31.7 Å². The van der Waals surface area contributed by atoms with E-state index in [9.17, 15) is 14.9 Å². The number of benzene rings is 2. The minimum Gasteiger partial charge on any atom is -0.444 e. The highest BCUT2D eigenvalue weighted by Crippen LogP contribution is 2.37. The summed E-state index contributed by atoms with van der Waals surface area (Å²) in [6, 6.07) is 11.3. The SMILES string of the molecule is CCc1cc(Cl)cc(-c2c(-c3ccc4c(=O)[nH]nc(CNC(=O)OC(C)(C)C)c4c3)cnn2C)c1C#N. The van der Waals surface area contributed by atoms with E-state index < -0.39 is 11.7 Å². The van der Waals surface area contributed by atoms with Gasteiger partial charge in [0.25, 0.3) is 5.56 Å². The number of aromatic amines is 1. The zero-order valence-corrected chi connectivity index (χ0v) is 22.0. The van der Waals surface area contributed by atoms with Crippen LogP contribution in [0.2, 0.25) is 5.02 Å². The van der Waals surface area contributed by atoms with Crippen molar-refractivity contribution in [2.24, 2.45) is 7.05 Å². The number of halogens is 1. The van der Waals surface area contributed by atoms with Gasteiger partial charge in [-0.2, -0.15) is 15.5 Å². The van der Waals surface area contributed by atoms with E-state index in [1.54, 1.807) is 56.9 Å². The fraction of sp³-hybridized carbons (Fsp3) is 0.296. The second-order valence-electron chi connectivity index (χ2n) is 9.60. The average Bonchev–Trinajstić information content (AvgIpc) is 3.22. The standard InChI is InChI=1S/C27H27ClN6O3/c1-6-15-9-17(28)11-20(21(15)12-29)24-22(13-31-34(24)5)16-7-8-18-19(10-16)23(32-33-25(18)35)14-30-26(36)37-27(2,3)4/h7-11,13H,6,14H2,1-5H3,(H,30,36)(H,33,35). The summed E-state index contributed by atoms with van der Waals surface area (Å²) in [7, 11) is 1.80. The Morgan fingerprint density at radius 1 is 1.22 bits per heavy atom. The van der Waals surface area contributed by atoms with Crippen molar-refractivity contribution in [3.63, 3.8) is 0 Å². The van der Waals surface area contributed by atoms with Crippen molar-refractivity contribution in [2.75, 3.05) is 0 Å². The number of aromatic nitrogens is 4. The van der Waals surface area contributed by atoms with E-state index in [0.717, 1.165) is 22.4 Å². The predicted molar refractivity (Wildman–Crippen MR) is 142 cm³/mol. The molecule has 0 radical (unpaired) electrons. The zero-order valence-electron chi connectivity index (χ0n) is 21.3. The molecule has 10 heteroatoms. The molecule has 2 aromatic carbocycles. The van der Waals surface area contributed by atoms with Gasteiger partial charge in [0, 0.05) is 28.6 Å². The summed E-state index contributed by atoms with van der Waals surface area (Å²) in [5.41, 5.74) is 3.80. The second-order valence-corrected chi connectivity index (χ2v) is 10.0. The molecule has 0 atom stereocenters. The fourth-order valence-corrected chi connectivity index (χ4v) is 4.46. The van der Waals surface area contributed by atoms with Crippen molar-refractivity contribution in [3.05, 3.63) is 68.7 Å². The van der Waals surface area contributed by atoms with E-state index in [1.165, 1.54) is 0 Å². The molecule has 1 amide bonds. The number of nitrogens with zero attached hydrogens (tertiary/aromatic N) is 4. The van der Waals surface area contributed by atoms with Gasteiger partial charge in [-0.25, -0.2) is 9.89 Å². The first-order valence-corrected chi connectivity index (χ1v) is 12.1. The molecule has 0 aliphatic heterocycles. The van der Waals surface area contributed by atoms with Gasteiger partial charge in [0.05, 0.1) is 35.1 Å². The fourth-order valence-electron chi connectivity index (χ4n) is 4.22. The molecule has 2 aromatic heterocycles. The van der Waals surface area contributed by atoms with Crippen LogP contribution < -0.4 is 10.9 Å². The van der Waals surface area contributed by atoms with E-state index >= 15 is 0 Å². The van der Waals surface area contributed by atoms with Crippen LogP contribution in [-0.2, 0) is 24.8 Å². The van der Waals surface area contributed by atoms with Gasteiger partial charge in [-0.15, -0.1) is 0 Å². The van der Waals surface area contributed by atoms with E-state index in [1.807, 2.05) is 19.1 Å². The normalized spacial score (nSPS) is 11.4. The van der Waals surface area contributed by atoms with Crippen molar-refractivity contribution in [1.82, 2.24) is 25.3 Å². The van der Waals surface area contributed by atoms with Crippen molar-refractivity contribution in [1.29, 1.82) is 5.26 Å². The quantitative estimate of drug-likeness (QED) is 0.378. The number of aryl methyl sites for hydroxylation is 2. The summed E-state index contributed by atoms with van der Waals surface area (Å²) in [6.07, 6.45) is 1.78. The van der Waals surface area contributed by atoms with Crippen LogP contribution in [0.3, 0.4) is 0 Å². The average molecular weight is 519 g/mol. The third kappa shape index (κ3) is 5.34. The first-order chi connectivity index (χ1) is 17.5. The van der Waals surface area contributed by atoms with Crippen molar-refractivity contribution < 1.29 is 9.53 Å². The molecule has 190 valence electrons. The van der Waals surface area contributed by atoms with Crippen molar-refractivity contribution in [3.8, 4) is 28.5 Å². The molecule has 0 bridgehead atoms. The summed E-state index contributed by atoms with van der Waals surface area (Å²) in [5, 5.41) is 25.3. The van der Waals surface area contributed by atoms with Crippen LogP contribution in [0.5, 0.6) is 0 Å². The molecule has 0 aliphatic carbocycles. The van der Waals surface area contributed by atoms with E-state index in [2.05, 4.69) is 26.7 Å². The molecule has 2 N–H and O–H groups in total. The molecule has 9 nitrogen and oxygen atoms in total. The highest BCUT2D eigenvalue weighted by molar-refractivity contribution is 6.31. The Morgan fingerprint density at radius 2 is 1.97 bits per heavy atom. The van der Waals surface area contributed by atoms with Gasteiger partial charge >= 0.3 is 6.09 Å². The Hall–Kier alpha value is -4.16. The maximum atomic E-state index is 12.5. The number of alkyl carbamates (subject to hydrolysis) is 1. The first-order valence-electron chi connectivity index (χ1n) is 11.8. The number of carbonyl (C=O) groups is 1. The maximum Gasteiger partial charge on any atom is 0.407 e. The summed E-state index contributed by atoms with van der Waals surface area (Å²) < 4.78 is 7.01. The molecule has 0 saturated carbocycles.